The molecule has 0 radical (unpaired) electrons. The third kappa shape index (κ3) is 6.95. The van der Waals surface area contributed by atoms with Crippen molar-refractivity contribution in [3.05, 3.63) is 29.8 Å². The van der Waals surface area contributed by atoms with Gasteiger partial charge in [0.25, 0.3) is 0 Å². The Labute approximate surface area is 127 Å². The van der Waals surface area contributed by atoms with Crippen LogP contribution in [-0.2, 0) is 0 Å². The molecule has 0 unspecified atom stereocenters. The standard InChI is InChI=1S/C17H25ClO2/c1-2-3-4-5-6-8-17(19)15-9-11-16(12-10-15)20-14-7-13-18/h9-12H,2-8,13-14H2,1H3. The molecule has 0 fully saturated rings. The quantitative estimate of drug-likeness (QED) is 0.317. The van der Waals surface area contributed by atoms with Gasteiger partial charge in [0.1, 0.15) is 5.75 Å². The van der Waals surface area contributed by atoms with Crippen LogP contribution in [0.4, 0.5) is 0 Å². The van der Waals surface area contributed by atoms with E-state index in [0.29, 0.717) is 18.9 Å². The fourth-order valence-electron chi connectivity index (χ4n) is 2.02. The molecule has 0 N–H and O–H groups in total. The van der Waals surface area contributed by atoms with Crippen LogP contribution in [0.25, 0.3) is 0 Å². The summed E-state index contributed by atoms with van der Waals surface area (Å²) >= 11 is 5.59. The van der Waals surface area contributed by atoms with Gasteiger partial charge in [-0.3, -0.25) is 4.79 Å². The van der Waals surface area contributed by atoms with Gasteiger partial charge in [-0.25, -0.2) is 0 Å². The fraction of sp³-hybridized carbons (Fsp3) is 0.588. The molecule has 0 amide bonds. The second kappa shape index (κ2) is 10.7. The summed E-state index contributed by atoms with van der Waals surface area (Å²) in [6, 6.07) is 7.42. The van der Waals surface area contributed by atoms with Crippen LogP contribution < -0.4 is 4.74 Å². The van der Waals surface area contributed by atoms with Gasteiger partial charge in [0.05, 0.1) is 6.61 Å². The first kappa shape index (κ1) is 17.0. The van der Waals surface area contributed by atoms with Gasteiger partial charge in [-0.15, -0.1) is 11.6 Å². The monoisotopic (exact) mass is 296 g/mol. The molecule has 0 aliphatic carbocycles. The Balaban J connectivity index is 2.30. The maximum atomic E-state index is 12.0. The first-order valence-electron chi connectivity index (χ1n) is 7.60. The van der Waals surface area contributed by atoms with Crippen LogP contribution in [-0.4, -0.2) is 18.3 Å². The van der Waals surface area contributed by atoms with Crippen molar-refractivity contribution in [2.45, 2.75) is 51.9 Å². The van der Waals surface area contributed by atoms with Crippen molar-refractivity contribution in [3.63, 3.8) is 0 Å². The molecule has 3 heteroatoms. The normalized spacial score (nSPS) is 10.5. The van der Waals surface area contributed by atoms with Crippen molar-refractivity contribution in [2.75, 3.05) is 12.5 Å². The summed E-state index contributed by atoms with van der Waals surface area (Å²) in [6.07, 6.45) is 7.36. The minimum atomic E-state index is 0.230. The predicted molar refractivity (Wildman–Crippen MR) is 85.0 cm³/mol. The molecular weight excluding hydrogens is 272 g/mol. The van der Waals surface area contributed by atoms with Gasteiger partial charge >= 0.3 is 0 Å². The minimum absolute atomic E-state index is 0.230. The minimum Gasteiger partial charge on any atom is -0.494 e. The number of hydrogen-bond acceptors (Lipinski definition) is 2. The molecule has 0 heterocycles. The van der Waals surface area contributed by atoms with Crippen LogP contribution in [0.1, 0.15) is 62.2 Å². The van der Waals surface area contributed by atoms with Crippen LogP contribution in [0.2, 0.25) is 0 Å². The summed E-state index contributed by atoms with van der Waals surface area (Å²) in [4.78, 5) is 12.0. The topological polar surface area (TPSA) is 26.3 Å². The van der Waals surface area contributed by atoms with Crippen molar-refractivity contribution < 1.29 is 9.53 Å². The lowest BCUT2D eigenvalue weighted by atomic mass is 10.0. The zero-order valence-electron chi connectivity index (χ0n) is 12.4. The van der Waals surface area contributed by atoms with Crippen LogP contribution in [0.15, 0.2) is 24.3 Å². The highest BCUT2D eigenvalue weighted by atomic mass is 35.5. The number of rotatable bonds is 11. The van der Waals surface area contributed by atoms with Gasteiger partial charge in [0.2, 0.25) is 0 Å². The van der Waals surface area contributed by atoms with E-state index in [-0.39, 0.29) is 5.78 Å². The first-order valence-corrected chi connectivity index (χ1v) is 8.13. The van der Waals surface area contributed by atoms with Crippen molar-refractivity contribution in [3.8, 4) is 5.75 Å². The number of carbonyl (C=O) groups is 1. The van der Waals surface area contributed by atoms with E-state index in [1.54, 1.807) is 0 Å². The van der Waals surface area contributed by atoms with Gasteiger partial charge < -0.3 is 4.74 Å². The van der Waals surface area contributed by atoms with Crippen LogP contribution >= 0.6 is 11.6 Å². The lowest BCUT2D eigenvalue weighted by Gasteiger charge is -2.06. The maximum absolute atomic E-state index is 12.0. The molecule has 0 aliphatic rings. The molecule has 2 nitrogen and oxygen atoms in total. The van der Waals surface area contributed by atoms with E-state index in [4.69, 9.17) is 16.3 Å². The van der Waals surface area contributed by atoms with E-state index in [2.05, 4.69) is 6.92 Å². The molecule has 0 saturated carbocycles. The van der Waals surface area contributed by atoms with Gasteiger partial charge in [-0.1, -0.05) is 32.6 Å². The Morgan fingerprint density at radius 3 is 2.40 bits per heavy atom. The molecule has 0 aliphatic heterocycles. The van der Waals surface area contributed by atoms with E-state index >= 15 is 0 Å². The van der Waals surface area contributed by atoms with Gasteiger partial charge in [-0.05, 0) is 37.1 Å². The highest BCUT2D eigenvalue weighted by molar-refractivity contribution is 6.17. The molecule has 1 rings (SSSR count). The van der Waals surface area contributed by atoms with Crippen LogP contribution in [0, 0.1) is 0 Å². The smallest absolute Gasteiger partial charge is 0.162 e. The molecule has 0 spiro atoms. The highest BCUT2D eigenvalue weighted by Crippen LogP contribution is 2.15. The third-order valence-corrected chi connectivity index (χ3v) is 3.50. The van der Waals surface area contributed by atoms with E-state index in [0.717, 1.165) is 30.6 Å². The number of Topliss-reactive ketones (excluding diaryl/α,β-unsaturated/α-hetero) is 1. The molecule has 0 bridgehead atoms. The van der Waals surface area contributed by atoms with Crippen molar-refractivity contribution in [1.82, 2.24) is 0 Å². The predicted octanol–water partition coefficient (Wildman–Crippen LogP) is 5.24. The van der Waals surface area contributed by atoms with Gasteiger partial charge in [-0.2, -0.15) is 0 Å². The summed E-state index contributed by atoms with van der Waals surface area (Å²) in [7, 11) is 0. The Morgan fingerprint density at radius 2 is 1.75 bits per heavy atom. The average molecular weight is 297 g/mol. The van der Waals surface area contributed by atoms with E-state index in [1.807, 2.05) is 24.3 Å². The van der Waals surface area contributed by atoms with E-state index < -0.39 is 0 Å². The molecule has 20 heavy (non-hydrogen) atoms. The number of ketones is 1. The molecule has 0 atom stereocenters. The molecule has 0 aromatic heterocycles. The Hall–Kier alpha value is -1.02. The summed E-state index contributed by atoms with van der Waals surface area (Å²) in [5, 5.41) is 0. The number of alkyl halides is 1. The maximum Gasteiger partial charge on any atom is 0.162 e. The number of halogens is 1. The summed E-state index contributed by atoms with van der Waals surface area (Å²) in [5.74, 6) is 1.64. The molecular formula is C17H25ClO2. The van der Waals surface area contributed by atoms with Crippen molar-refractivity contribution in [2.24, 2.45) is 0 Å². The fourth-order valence-corrected chi connectivity index (χ4v) is 2.12. The first-order chi connectivity index (χ1) is 9.77. The summed E-state index contributed by atoms with van der Waals surface area (Å²) < 4.78 is 5.51. The van der Waals surface area contributed by atoms with Gasteiger partial charge in [0.15, 0.2) is 5.78 Å². The number of benzene rings is 1. The molecule has 1 aromatic rings. The lowest BCUT2D eigenvalue weighted by Crippen LogP contribution is -2.00. The SMILES string of the molecule is CCCCCCCC(=O)c1ccc(OCCCCl)cc1. The Bertz CT molecular complexity index is 373. The lowest BCUT2D eigenvalue weighted by molar-refractivity contribution is 0.0979. The number of ether oxygens (including phenoxy) is 1. The second-order valence-electron chi connectivity index (χ2n) is 5.00. The Morgan fingerprint density at radius 1 is 1.05 bits per heavy atom. The van der Waals surface area contributed by atoms with Crippen LogP contribution in [0.3, 0.4) is 0 Å². The van der Waals surface area contributed by atoms with Crippen molar-refractivity contribution >= 4 is 17.4 Å². The number of unbranched alkanes of at least 4 members (excludes halogenated alkanes) is 4. The number of hydrogen-bond donors (Lipinski definition) is 0. The van der Waals surface area contributed by atoms with Crippen LogP contribution in [0.5, 0.6) is 5.75 Å². The zero-order valence-corrected chi connectivity index (χ0v) is 13.1. The van der Waals surface area contributed by atoms with E-state index in [1.165, 1.54) is 19.3 Å². The summed E-state index contributed by atoms with van der Waals surface area (Å²) in [5.41, 5.74) is 0.783. The Kier molecular flexibility index (Phi) is 9.14. The van der Waals surface area contributed by atoms with E-state index in [9.17, 15) is 4.79 Å². The zero-order chi connectivity index (χ0) is 14.6. The highest BCUT2D eigenvalue weighted by Gasteiger charge is 2.05. The molecule has 1 aromatic carbocycles. The average Bonchev–Trinajstić information content (AvgIpc) is 2.48. The summed E-state index contributed by atoms with van der Waals surface area (Å²) in [6.45, 7) is 2.82. The molecule has 112 valence electrons. The van der Waals surface area contributed by atoms with Gasteiger partial charge in [0, 0.05) is 17.9 Å². The van der Waals surface area contributed by atoms with Crippen molar-refractivity contribution in [1.29, 1.82) is 0 Å². The third-order valence-electron chi connectivity index (χ3n) is 3.23. The second-order valence-corrected chi connectivity index (χ2v) is 5.38. The molecule has 0 saturated heterocycles. The number of carbonyl (C=O) groups excluding carboxylic acids is 1. The largest absolute Gasteiger partial charge is 0.494 e.